The van der Waals surface area contributed by atoms with Gasteiger partial charge in [0.15, 0.2) is 0 Å². The third-order valence-corrected chi connectivity index (χ3v) is 2.05. The lowest BCUT2D eigenvalue weighted by Gasteiger charge is -2.14. The predicted octanol–water partition coefficient (Wildman–Crippen LogP) is 1.83. The third kappa shape index (κ3) is 2.62. The largest absolute Gasteiger partial charge is 0.282 e. The van der Waals surface area contributed by atoms with Crippen LogP contribution in [-0.2, 0) is 4.79 Å². The summed E-state index contributed by atoms with van der Waals surface area (Å²) >= 11 is 0. The Kier molecular flexibility index (Phi) is 3.55. The van der Waals surface area contributed by atoms with Crippen molar-refractivity contribution in [1.82, 2.24) is 4.90 Å². The molecule has 0 aliphatic carbocycles. The molecule has 4 heteroatoms. The molecule has 2 amide bonds. The first-order valence-corrected chi connectivity index (χ1v) is 4.62. The maximum absolute atomic E-state index is 12.8. The second kappa shape index (κ2) is 4.68. The van der Waals surface area contributed by atoms with E-state index in [4.69, 9.17) is 0 Å². The molecule has 0 aliphatic heterocycles. The monoisotopic (exact) mass is 209 g/mol. The number of rotatable bonds is 2. The topological polar surface area (TPSA) is 37.4 Å². The molecule has 0 saturated heterocycles. The van der Waals surface area contributed by atoms with E-state index in [1.54, 1.807) is 6.92 Å². The van der Waals surface area contributed by atoms with Gasteiger partial charge in [-0.3, -0.25) is 14.5 Å². The molecule has 0 atom stereocenters. The molecule has 0 saturated carbocycles. The Morgan fingerprint density at radius 2 is 2.07 bits per heavy atom. The van der Waals surface area contributed by atoms with E-state index in [0.29, 0.717) is 0 Å². The zero-order chi connectivity index (χ0) is 11.4. The first kappa shape index (κ1) is 11.4. The molecule has 0 aromatic heterocycles. The highest BCUT2D eigenvalue weighted by molar-refractivity contribution is 6.04. The van der Waals surface area contributed by atoms with Crippen LogP contribution in [0, 0.1) is 5.82 Å². The Hall–Kier alpha value is -1.71. The van der Waals surface area contributed by atoms with E-state index in [2.05, 4.69) is 0 Å². The van der Waals surface area contributed by atoms with E-state index in [1.807, 2.05) is 0 Å². The summed E-state index contributed by atoms with van der Waals surface area (Å²) in [5.74, 6) is -1.26. The van der Waals surface area contributed by atoms with Crippen molar-refractivity contribution >= 4 is 11.8 Å². The highest BCUT2D eigenvalue weighted by Gasteiger charge is 2.16. The number of hydrogen-bond donors (Lipinski definition) is 0. The number of carbonyl (C=O) groups excluding carboxylic acids is 2. The van der Waals surface area contributed by atoms with E-state index >= 15 is 0 Å². The molecular formula is C11H12FNO2. The van der Waals surface area contributed by atoms with Crippen molar-refractivity contribution in [1.29, 1.82) is 0 Å². The Morgan fingerprint density at radius 3 is 2.60 bits per heavy atom. The Morgan fingerprint density at radius 1 is 1.40 bits per heavy atom. The average Bonchev–Trinajstić information content (AvgIpc) is 2.26. The maximum atomic E-state index is 12.8. The van der Waals surface area contributed by atoms with E-state index in [1.165, 1.54) is 25.2 Å². The van der Waals surface area contributed by atoms with E-state index in [-0.39, 0.29) is 17.9 Å². The Balaban J connectivity index is 2.90. The standard InChI is InChI=1S/C11H12FNO2/c1-3-10(14)13(2)11(15)8-5-4-6-9(12)7-8/h4-7H,3H2,1-2H3. The van der Waals surface area contributed by atoms with E-state index < -0.39 is 11.7 Å². The Labute approximate surface area is 87.5 Å². The van der Waals surface area contributed by atoms with E-state index in [9.17, 15) is 14.0 Å². The maximum Gasteiger partial charge on any atom is 0.260 e. The van der Waals surface area contributed by atoms with Crippen LogP contribution in [0.5, 0.6) is 0 Å². The molecular weight excluding hydrogens is 197 g/mol. The normalized spacial score (nSPS) is 9.80. The summed E-state index contributed by atoms with van der Waals surface area (Å²) in [6.45, 7) is 1.66. The minimum absolute atomic E-state index is 0.180. The summed E-state index contributed by atoms with van der Waals surface area (Å²) in [7, 11) is 1.39. The minimum Gasteiger partial charge on any atom is -0.282 e. The number of nitrogens with zero attached hydrogens (tertiary/aromatic N) is 1. The molecule has 1 rings (SSSR count). The number of benzene rings is 1. The predicted molar refractivity (Wildman–Crippen MR) is 53.8 cm³/mol. The fourth-order valence-corrected chi connectivity index (χ4v) is 1.17. The number of carbonyl (C=O) groups is 2. The van der Waals surface area contributed by atoms with Gasteiger partial charge in [0.05, 0.1) is 0 Å². The Bertz CT molecular complexity index is 390. The zero-order valence-corrected chi connectivity index (χ0v) is 8.66. The number of amides is 2. The second-order valence-electron chi connectivity index (χ2n) is 3.12. The minimum atomic E-state index is -0.488. The van der Waals surface area contributed by atoms with Crippen molar-refractivity contribution in [3.63, 3.8) is 0 Å². The van der Waals surface area contributed by atoms with Crippen LogP contribution in [0.3, 0.4) is 0 Å². The molecule has 15 heavy (non-hydrogen) atoms. The smallest absolute Gasteiger partial charge is 0.260 e. The number of hydrogen-bond acceptors (Lipinski definition) is 2. The third-order valence-electron chi connectivity index (χ3n) is 2.05. The van der Waals surface area contributed by atoms with Gasteiger partial charge in [-0.2, -0.15) is 0 Å². The summed E-state index contributed by atoms with van der Waals surface area (Å²) in [6.07, 6.45) is 0.248. The summed E-state index contributed by atoms with van der Waals surface area (Å²) in [4.78, 5) is 23.9. The van der Waals surface area contributed by atoms with Gasteiger partial charge in [-0.1, -0.05) is 13.0 Å². The van der Waals surface area contributed by atoms with Gasteiger partial charge in [-0.25, -0.2) is 4.39 Å². The van der Waals surface area contributed by atoms with Gasteiger partial charge < -0.3 is 0 Å². The molecule has 3 nitrogen and oxygen atoms in total. The molecule has 0 heterocycles. The van der Waals surface area contributed by atoms with Crippen molar-refractivity contribution in [2.45, 2.75) is 13.3 Å². The van der Waals surface area contributed by atoms with Gasteiger partial charge in [0.2, 0.25) is 5.91 Å². The quantitative estimate of drug-likeness (QED) is 0.745. The van der Waals surface area contributed by atoms with Crippen molar-refractivity contribution in [3.05, 3.63) is 35.6 Å². The fraction of sp³-hybridized carbons (Fsp3) is 0.273. The van der Waals surface area contributed by atoms with Gasteiger partial charge >= 0.3 is 0 Å². The molecule has 1 aromatic carbocycles. The summed E-state index contributed by atoms with van der Waals surface area (Å²) < 4.78 is 12.8. The zero-order valence-electron chi connectivity index (χ0n) is 8.66. The summed E-state index contributed by atoms with van der Waals surface area (Å²) in [5.41, 5.74) is 0.180. The van der Waals surface area contributed by atoms with Crippen LogP contribution in [-0.4, -0.2) is 23.8 Å². The first-order chi connectivity index (χ1) is 7.06. The second-order valence-corrected chi connectivity index (χ2v) is 3.12. The van der Waals surface area contributed by atoms with Crippen LogP contribution in [0.2, 0.25) is 0 Å². The number of halogens is 1. The lowest BCUT2D eigenvalue weighted by Crippen LogP contribution is -2.32. The summed E-state index contributed by atoms with van der Waals surface area (Å²) in [6, 6.07) is 5.28. The van der Waals surface area contributed by atoms with Crippen LogP contribution in [0.1, 0.15) is 23.7 Å². The molecule has 1 aromatic rings. The molecule has 0 aliphatic rings. The highest BCUT2D eigenvalue weighted by Crippen LogP contribution is 2.07. The van der Waals surface area contributed by atoms with Gasteiger partial charge in [0.25, 0.3) is 5.91 Å². The molecule has 0 spiro atoms. The lowest BCUT2D eigenvalue weighted by atomic mass is 10.2. The van der Waals surface area contributed by atoms with Crippen LogP contribution in [0.25, 0.3) is 0 Å². The van der Waals surface area contributed by atoms with Crippen molar-refractivity contribution in [3.8, 4) is 0 Å². The van der Waals surface area contributed by atoms with Crippen LogP contribution in [0.15, 0.2) is 24.3 Å². The molecule has 0 radical (unpaired) electrons. The molecule has 0 unspecified atom stereocenters. The molecule has 0 N–H and O–H groups in total. The van der Waals surface area contributed by atoms with E-state index in [0.717, 1.165) is 11.0 Å². The molecule has 80 valence electrons. The van der Waals surface area contributed by atoms with Gasteiger partial charge in [0.1, 0.15) is 5.82 Å². The fourth-order valence-electron chi connectivity index (χ4n) is 1.17. The average molecular weight is 209 g/mol. The molecule has 0 bridgehead atoms. The van der Waals surface area contributed by atoms with Crippen molar-refractivity contribution < 1.29 is 14.0 Å². The van der Waals surface area contributed by atoms with Gasteiger partial charge in [-0.15, -0.1) is 0 Å². The lowest BCUT2D eigenvalue weighted by molar-refractivity contribution is -0.127. The number of imide groups is 1. The highest BCUT2D eigenvalue weighted by atomic mass is 19.1. The SMILES string of the molecule is CCC(=O)N(C)C(=O)c1cccc(F)c1. The van der Waals surface area contributed by atoms with Crippen molar-refractivity contribution in [2.75, 3.05) is 7.05 Å². The van der Waals surface area contributed by atoms with Crippen LogP contribution < -0.4 is 0 Å². The van der Waals surface area contributed by atoms with Gasteiger partial charge in [0, 0.05) is 19.0 Å². The summed E-state index contributed by atoms with van der Waals surface area (Å²) in [5, 5.41) is 0. The molecule has 0 fully saturated rings. The van der Waals surface area contributed by atoms with Gasteiger partial charge in [-0.05, 0) is 18.2 Å². The first-order valence-electron chi connectivity index (χ1n) is 4.62. The van der Waals surface area contributed by atoms with Crippen LogP contribution in [0.4, 0.5) is 4.39 Å². The van der Waals surface area contributed by atoms with Crippen molar-refractivity contribution in [2.24, 2.45) is 0 Å². The van der Waals surface area contributed by atoms with Crippen LogP contribution >= 0.6 is 0 Å².